The molecular formula is C21H16N2O4S. The highest BCUT2D eigenvalue weighted by Crippen LogP contribution is 2.31. The largest absolute Gasteiger partial charge is 0.374 e. The molecule has 0 radical (unpaired) electrons. The number of carbonyl (C=O) groups excluding carboxylic acids is 1. The smallest absolute Gasteiger partial charge is 0.366 e. The van der Waals surface area contributed by atoms with Gasteiger partial charge in [-0.2, -0.15) is 0 Å². The van der Waals surface area contributed by atoms with E-state index in [2.05, 4.69) is 15.0 Å². The summed E-state index contributed by atoms with van der Waals surface area (Å²) in [6, 6.07) is 17.6. The van der Waals surface area contributed by atoms with E-state index in [-0.39, 0.29) is 6.42 Å². The Labute approximate surface area is 164 Å². The molecule has 0 spiro atoms. The second-order valence-electron chi connectivity index (χ2n) is 6.37. The summed E-state index contributed by atoms with van der Waals surface area (Å²) >= 11 is 1.32. The summed E-state index contributed by atoms with van der Waals surface area (Å²) in [6.07, 6.45) is 1.54. The van der Waals surface area contributed by atoms with E-state index in [0.717, 1.165) is 5.56 Å². The maximum absolute atomic E-state index is 13.1. The van der Waals surface area contributed by atoms with Crippen molar-refractivity contribution in [3.8, 4) is 0 Å². The molecule has 7 heteroatoms. The standard InChI is InChI=1S/C21H16N2O4S/c24-19-17-9-8-16(11-15(17)13-22-27-19)23-20(25)21(26,18-7-4-10-28-18)12-14-5-2-1-3-6-14/h1-11,13,26H,12H2,(H,23,25). The topological polar surface area (TPSA) is 92.4 Å². The zero-order chi connectivity index (χ0) is 19.6. The van der Waals surface area contributed by atoms with Crippen molar-refractivity contribution in [2.75, 3.05) is 5.32 Å². The Morgan fingerprint density at radius 2 is 1.96 bits per heavy atom. The molecule has 1 amide bonds. The van der Waals surface area contributed by atoms with Crippen molar-refractivity contribution >= 4 is 33.7 Å². The summed E-state index contributed by atoms with van der Waals surface area (Å²) in [5.74, 6) is -0.547. The predicted molar refractivity (Wildman–Crippen MR) is 107 cm³/mol. The number of benzene rings is 2. The molecule has 0 aliphatic carbocycles. The van der Waals surface area contributed by atoms with Crippen molar-refractivity contribution in [1.82, 2.24) is 5.16 Å². The number of nitrogens with one attached hydrogen (secondary N) is 1. The number of rotatable bonds is 5. The van der Waals surface area contributed by atoms with Crippen LogP contribution in [0.3, 0.4) is 0 Å². The van der Waals surface area contributed by atoms with Gasteiger partial charge >= 0.3 is 5.63 Å². The number of nitrogens with zero attached hydrogens (tertiary/aromatic N) is 1. The molecule has 0 saturated carbocycles. The lowest BCUT2D eigenvalue weighted by molar-refractivity contribution is -0.134. The highest BCUT2D eigenvalue weighted by molar-refractivity contribution is 7.10. The van der Waals surface area contributed by atoms with Crippen molar-refractivity contribution < 1.29 is 14.4 Å². The first-order valence-corrected chi connectivity index (χ1v) is 9.45. The van der Waals surface area contributed by atoms with Crippen LogP contribution in [0.2, 0.25) is 0 Å². The van der Waals surface area contributed by atoms with E-state index in [4.69, 9.17) is 0 Å². The molecule has 1 unspecified atom stereocenters. The number of hydrogen-bond donors (Lipinski definition) is 2. The number of aliphatic hydroxyl groups is 1. The van der Waals surface area contributed by atoms with Crippen molar-refractivity contribution in [1.29, 1.82) is 0 Å². The minimum atomic E-state index is -1.72. The fourth-order valence-electron chi connectivity index (χ4n) is 3.03. The van der Waals surface area contributed by atoms with Crippen molar-refractivity contribution in [2.24, 2.45) is 0 Å². The van der Waals surface area contributed by atoms with Gasteiger partial charge in [0.2, 0.25) is 0 Å². The summed E-state index contributed by atoms with van der Waals surface area (Å²) in [6.45, 7) is 0. The molecule has 1 atom stereocenters. The Bertz CT molecular complexity index is 1170. The van der Waals surface area contributed by atoms with Gasteiger partial charge in [-0.3, -0.25) is 4.79 Å². The van der Waals surface area contributed by atoms with E-state index in [1.54, 1.807) is 30.3 Å². The van der Waals surface area contributed by atoms with Gasteiger partial charge in [-0.1, -0.05) is 41.6 Å². The molecule has 2 N–H and O–H groups in total. The fraction of sp³-hybridized carbons (Fsp3) is 0.0952. The third-order valence-corrected chi connectivity index (χ3v) is 5.48. The average molecular weight is 392 g/mol. The molecule has 4 aromatic rings. The van der Waals surface area contributed by atoms with Crippen LogP contribution in [-0.2, 0) is 16.8 Å². The van der Waals surface area contributed by atoms with Gasteiger partial charge in [-0.05, 0) is 35.2 Å². The van der Waals surface area contributed by atoms with Gasteiger partial charge in [0.25, 0.3) is 5.91 Å². The zero-order valence-corrected chi connectivity index (χ0v) is 15.5. The molecule has 0 aliphatic heterocycles. The maximum Gasteiger partial charge on any atom is 0.366 e. The van der Waals surface area contributed by atoms with Gasteiger partial charge in [0, 0.05) is 22.4 Å². The van der Waals surface area contributed by atoms with E-state index in [1.807, 2.05) is 35.7 Å². The van der Waals surface area contributed by atoms with E-state index in [1.165, 1.54) is 17.5 Å². The molecule has 0 aliphatic rings. The number of amides is 1. The summed E-state index contributed by atoms with van der Waals surface area (Å²) in [7, 11) is 0. The van der Waals surface area contributed by atoms with Gasteiger partial charge in [-0.15, -0.1) is 11.3 Å². The molecule has 140 valence electrons. The monoisotopic (exact) mass is 392 g/mol. The second kappa shape index (κ2) is 7.38. The number of fused-ring (bicyclic) bond motifs is 1. The van der Waals surface area contributed by atoms with Crippen LogP contribution in [0.25, 0.3) is 10.8 Å². The van der Waals surface area contributed by atoms with Gasteiger partial charge < -0.3 is 14.9 Å². The second-order valence-corrected chi connectivity index (χ2v) is 7.32. The lowest BCUT2D eigenvalue weighted by Gasteiger charge is -2.26. The van der Waals surface area contributed by atoms with Gasteiger partial charge in [-0.25, -0.2) is 4.79 Å². The number of aromatic nitrogens is 1. The van der Waals surface area contributed by atoms with Crippen LogP contribution >= 0.6 is 11.3 Å². The summed E-state index contributed by atoms with van der Waals surface area (Å²) in [5, 5.41) is 20.3. The quantitative estimate of drug-likeness (QED) is 0.544. The third kappa shape index (κ3) is 3.45. The number of hydrogen-bond acceptors (Lipinski definition) is 6. The Hall–Kier alpha value is -3.29. The minimum Gasteiger partial charge on any atom is -0.374 e. The highest BCUT2D eigenvalue weighted by Gasteiger charge is 2.39. The van der Waals surface area contributed by atoms with Crippen LogP contribution in [0.4, 0.5) is 5.69 Å². The molecule has 2 aromatic heterocycles. The van der Waals surface area contributed by atoms with Crippen molar-refractivity contribution in [2.45, 2.75) is 12.0 Å². The average Bonchev–Trinajstić information content (AvgIpc) is 3.24. The van der Waals surface area contributed by atoms with Gasteiger partial charge in [0.15, 0.2) is 5.60 Å². The normalized spacial score (nSPS) is 13.2. The molecular weight excluding hydrogens is 376 g/mol. The maximum atomic E-state index is 13.1. The third-order valence-electron chi connectivity index (χ3n) is 4.46. The van der Waals surface area contributed by atoms with E-state index < -0.39 is 17.1 Å². The molecule has 0 saturated heterocycles. The number of carbonyl (C=O) groups is 1. The summed E-state index contributed by atoms with van der Waals surface area (Å²) in [4.78, 5) is 25.3. The molecule has 2 aromatic carbocycles. The first kappa shape index (κ1) is 18.1. The van der Waals surface area contributed by atoms with E-state index >= 15 is 0 Å². The molecule has 6 nitrogen and oxygen atoms in total. The SMILES string of the molecule is O=C(Nc1ccc2c(=O)oncc2c1)C(O)(Cc1ccccc1)c1cccs1. The lowest BCUT2D eigenvalue weighted by atomic mass is 9.91. The number of thiophene rings is 1. The van der Waals surface area contributed by atoms with Crippen LogP contribution < -0.4 is 10.9 Å². The molecule has 0 fully saturated rings. The molecule has 0 bridgehead atoms. The first-order valence-electron chi connectivity index (χ1n) is 8.57. The van der Waals surface area contributed by atoms with Crippen LogP contribution in [-0.4, -0.2) is 16.2 Å². The van der Waals surface area contributed by atoms with Gasteiger partial charge in [0.1, 0.15) is 0 Å². The van der Waals surface area contributed by atoms with Gasteiger partial charge in [0.05, 0.1) is 11.6 Å². The molecule has 4 rings (SSSR count). The predicted octanol–water partition coefficient (Wildman–Crippen LogP) is 3.32. The Balaban J connectivity index is 1.67. The number of anilines is 1. The minimum absolute atomic E-state index is 0.138. The molecule has 28 heavy (non-hydrogen) atoms. The fourth-order valence-corrected chi connectivity index (χ4v) is 3.85. The van der Waals surface area contributed by atoms with Crippen LogP contribution in [0.5, 0.6) is 0 Å². The Kier molecular flexibility index (Phi) is 4.77. The van der Waals surface area contributed by atoms with Crippen molar-refractivity contribution in [3.63, 3.8) is 0 Å². The van der Waals surface area contributed by atoms with Crippen molar-refractivity contribution in [3.05, 3.63) is 93.1 Å². The highest BCUT2D eigenvalue weighted by atomic mass is 32.1. The van der Waals surface area contributed by atoms with E-state index in [9.17, 15) is 14.7 Å². The van der Waals surface area contributed by atoms with Crippen LogP contribution in [0, 0.1) is 0 Å². The summed E-state index contributed by atoms with van der Waals surface area (Å²) < 4.78 is 4.60. The zero-order valence-electron chi connectivity index (χ0n) is 14.7. The summed E-state index contributed by atoms with van der Waals surface area (Å²) in [5.41, 5.74) is -0.977. The van der Waals surface area contributed by atoms with Crippen LogP contribution in [0.15, 0.2) is 81.6 Å². The first-order chi connectivity index (χ1) is 13.6. The Morgan fingerprint density at radius 1 is 1.14 bits per heavy atom. The van der Waals surface area contributed by atoms with E-state index in [0.29, 0.717) is 21.3 Å². The lowest BCUT2D eigenvalue weighted by Crippen LogP contribution is -2.41. The Morgan fingerprint density at radius 3 is 2.71 bits per heavy atom. The molecule has 2 heterocycles. The van der Waals surface area contributed by atoms with Crippen LogP contribution in [0.1, 0.15) is 10.4 Å².